The van der Waals surface area contributed by atoms with Gasteiger partial charge in [-0.3, -0.25) is 9.89 Å². The number of amides is 1. The third-order valence-corrected chi connectivity index (χ3v) is 3.74. The Balaban J connectivity index is 1.83. The first-order chi connectivity index (χ1) is 10.1. The summed E-state index contributed by atoms with van der Waals surface area (Å²) in [5, 5.41) is 10.6. The second-order valence-corrected chi connectivity index (χ2v) is 5.62. The van der Waals surface area contributed by atoms with E-state index in [1.54, 1.807) is 18.2 Å². The molecule has 1 aromatic heterocycles. The Labute approximate surface area is 133 Å². The van der Waals surface area contributed by atoms with Crippen molar-refractivity contribution in [2.75, 3.05) is 0 Å². The topological polar surface area (TPSA) is 70.7 Å². The summed E-state index contributed by atoms with van der Waals surface area (Å²) in [5.41, 5.74) is 0.851. The van der Waals surface area contributed by atoms with Gasteiger partial charge >= 0.3 is 0 Å². The first kappa shape index (κ1) is 15.8. The van der Waals surface area contributed by atoms with E-state index < -0.39 is 0 Å². The molecule has 0 bridgehead atoms. The van der Waals surface area contributed by atoms with Gasteiger partial charge in [-0.25, -0.2) is 4.98 Å². The molecule has 0 fully saturated rings. The molecule has 2 N–H and O–H groups in total. The van der Waals surface area contributed by atoms with Gasteiger partial charge in [-0.05, 0) is 31.0 Å². The van der Waals surface area contributed by atoms with Crippen LogP contribution in [0.1, 0.15) is 24.7 Å². The van der Waals surface area contributed by atoms with Crippen LogP contribution in [0.4, 0.5) is 0 Å². The molecule has 0 spiro atoms. The summed E-state index contributed by atoms with van der Waals surface area (Å²) in [5.74, 6) is 0.661. The first-order valence-electron chi connectivity index (χ1n) is 6.62. The van der Waals surface area contributed by atoms with Gasteiger partial charge in [-0.2, -0.15) is 5.10 Å². The summed E-state index contributed by atoms with van der Waals surface area (Å²) < 4.78 is 0. The third-order valence-electron chi connectivity index (χ3n) is 3.03. The minimum atomic E-state index is -0.0513. The molecule has 0 aliphatic carbocycles. The quantitative estimate of drug-likeness (QED) is 0.857. The van der Waals surface area contributed by atoms with Gasteiger partial charge in [0.15, 0.2) is 0 Å². The van der Waals surface area contributed by atoms with Crippen molar-refractivity contribution in [1.82, 2.24) is 20.5 Å². The maximum atomic E-state index is 11.9. The maximum Gasteiger partial charge on any atom is 0.220 e. The van der Waals surface area contributed by atoms with E-state index in [9.17, 15) is 4.79 Å². The van der Waals surface area contributed by atoms with Crippen LogP contribution < -0.4 is 5.32 Å². The summed E-state index contributed by atoms with van der Waals surface area (Å²) in [6.07, 6.45) is 2.91. The molecule has 1 atom stereocenters. The fraction of sp³-hybridized carbons (Fsp3) is 0.357. The summed E-state index contributed by atoms with van der Waals surface area (Å²) in [7, 11) is 0. The van der Waals surface area contributed by atoms with Gasteiger partial charge in [-0.1, -0.05) is 29.3 Å². The SMILES string of the molecule is CC(Cc1c(Cl)cccc1Cl)NC(=O)CCc1ncn[nH]1. The van der Waals surface area contributed by atoms with Crippen LogP contribution in [0.3, 0.4) is 0 Å². The minimum Gasteiger partial charge on any atom is -0.353 e. The molecule has 0 aliphatic heterocycles. The molecular weight excluding hydrogens is 311 g/mol. The van der Waals surface area contributed by atoms with Crippen LogP contribution in [0.15, 0.2) is 24.5 Å². The molecule has 112 valence electrons. The van der Waals surface area contributed by atoms with E-state index in [0.29, 0.717) is 35.1 Å². The molecule has 0 aliphatic rings. The van der Waals surface area contributed by atoms with Crippen LogP contribution in [0.2, 0.25) is 10.0 Å². The van der Waals surface area contributed by atoms with E-state index in [4.69, 9.17) is 23.2 Å². The normalized spacial score (nSPS) is 12.1. The highest BCUT2D eigenvalue weighted by Crippen LogP contribution is 2.25. The molecule has 2 aromatic rings. The predicted molar refractivity (Wildman–Crippen MR) is 82.5 cm³/mol. The van der Waals surface area contributed by atoms with E-state index >= 15 is 0 Å². The monoisotopic (exact) mass is 326 g/mol. The number of hydrogen-bond acceptors (Lipinski definition) is 3. The Morgan fingerprint density at radius 3 is 2.71 bits per heavy atom. The fourth-order valence-electron chi connectivity index (χ4n) is 2.01. The van der Waals surface area contributed by atoms with Crippen molar-refractivity contribution >= 4 is 29.1 Å². The van der Waals surface area contributed by atoms with Crippen molar-refractivity contribution in [3.63, 3.8) is 0 Å². The molecule has 5 nitrogen and oxygen atoms in total. The standard InChI is InChI=1S/C14H16Cl2N4O/c1-9(7-10-11(15)3-2-4-12(10)16)19-14(21)6-5-13-17-8-18-20-13/h2-4,8-9H,5-7H2,1H3,(H,19,21)(H,17,18,20). The van der Waals surface area contributed by atoms with Gasteiger partial charge in [0.05, 0.1) is 0 Å². The van der Waals surface area contributed by atoms with Crippen LogP contribution in [0.25, 0.3) is 0 Å². The number of halogens is 2. The average Bonchev–Trinajstić information content (AvgIpc) is 2.94. The zero-order chi connectivity index (χ0) is 15.2. The molecular formula is C14H16Cl2N4O. The largest absolute Gasteiger partial charge is 0.353 e. The lowest BCUT2D eigenvalue weighted by atomic mass is 10.1. The Morgan fingerprint density at radius 2 is 2.10 bits per heavy atom. The van der Waals surface area contributed by atoms with Gasteiger partial charge in [0.25, 0.3) is 0 Å². The Hall–Kier alpha value is -1.59. The summed E-state index contributed by atoms with van der Waals surface area (Å²) in [6, 6.07) is 5.33. The van der Waals surface area contributed by atoms with Crippen LogP contribution in [-0.2, 0) is 17.6 Å². The highest BCUT2D eigenvalue weighted by Gasteiger charge is 2.13. The lowest BCUT2D eigenvalue weighted by Gasteiger charge is -2.15. The number of rotatable bonds is 6. The maximum absolute atomic E-state index is 11.9. The molecule has 7 heteroatoms. The lowest BCUT2D eigenvalue weighted by molar-refractivity contribution is -0.121. The van der Waals surface area contributed by atoms with Gasteiger partial charge in [0.2, 0.25) is 5.91 Å². The Morgan fingerprint density at radius 1 is 1.38 bits per heavy atom. The summed E-state index contributed by atoms with van der Waals surface area (Å²) >= 11 is 12.2. The Kier molecular flexibility index (Phi) is 5.59. The van der Waals surface area contributed by atoms with Crippen molar-refractivity contribution in [2.24, 2.45) is 0 Å². The molecule has 21 heavy (non-hydrogen) atoms. The smallest absolute Gasteiger partial charge is 0.220 e. The lowest BCUT2D eigenvalue weighted by Crippen LogP contribution is -2.34. The zero-order valence-corrected chi connectivity index (χ0v) is 13.1. The number of aryl methyl sites for hydroxylation is 1. The molecule has 1 aromatic carbocycles. The number of benzene rings is 1. The van der Waals surface area contributed by atoms with Gasteiger partial charge in [-0.15, -0.1) is 0 Å². The van der Waals surface area contributed by atoms with Gasteiger partial charge in [0.1, 0.15) is 12.2 Å². The first-order valence-corrected chi connectivity index (χ1v) is 7.38. The average molecular weight is 327 g/mol. The molecule has 1 amide bonds. The van der Waals surface area contributed by atoms with E-state index in [0.717, 1.165) is 5.56 Å². The molecule has 0 radical (unpaired) electrons. The van der Waals surface area contributed by atoms with Crippen molar-refractivity contribution in [3.8, 4) is 0 Å². The van der Waals surface area contributed by atoms with Crippen molar-refractivity contribution < 1.29 is 4.79 Å². The van der Waals surface area contributed by atoms with E-state index in [1.807, 2.05) is 6.92 Å². The highest BCUT2D eigenvalue weighted by molar-refractivity contribution is 6.36. The van der Waals surface area contributed by atoms with Gasteiger partial charge in [0, 0.05) is 28.9 Å². The predicted octanol–water partition coefficient (Wildman–Crippen LogP) is 2.79. The molecule has 2 rings (SSSR count). The summed E-state index contributed by atoms with van der Waals surface area (Å²) in [6.45, 7) is 1.92. The molecule has 0 saturated carbocycles. The van der Waals surface area contributed by atoms with Crippen LogP contribution in [0.5, 0.6) is 0 Å². The minimum absolute atomic E-state index is 0.0397. The van der Waals surface area contributed by atoms with Crippen LogP contribution in [0, 0.1) is 0 Å². The number of carbonyl (C=O) groups excluding carboxylic acids is 1. The number of aromatic nitrogens is 3. The van der Waals surface area contributed by atoms with Crippen molar-refractivity contribution in [2.45, 2.75) is 32.2 Å². The summed E-state index contributed by atoms with van der Waals surface area (Å²) in [4.78, 5) is 15.8. The van der Waals surface area contributed by atoms with E-state index in [1.165, 1.54) is 6.33 Å². The Bertz CT molecular complexity index is 581. The number of carbonyl (C=O) groups is 1. The zero-order valence-electron chi connectivity index (χ0n) is 11.6. The number of hydrogen-bond donors (Lipinski definition) is 2. The van der Waals surface area contributed by atoms with Crippen molar-refractivity contribution in [1.29, 1.82) is 0 Å². The molecule has 0 saturated heterocycles. The number of aromatic amines is 1. The molecule has 1 heterocycles. The molecule has 1 unspecified atom stereocenters. The highest BCUT2D eigenvalue weighted by atomic mass is 35.5. The van der Waals surface area contributed by atoms with Crippen LogP contribution in [-0.4, -0.2) is 27.1 Å². The number of H-pyrrole nitrogens is 1. The third kappa shape index (κ3) is 4.72. The van der Waals surface area contributed by atoms with Crippen molar-refractivity contribution in [3.05, 3.63) is 46.0 Å². The second kappa shape index (κ2) is 7.43. The fourth-order valence-corrected chi connectivity index (χ4v) is 2.57. The van der Waals surface area contributed by atoms with Crippen LogP contribution >= 0.6 is 23.2 Å². The van der Waals surface area contributed by atoms with E-state index in [-0.39, 0.29) is 11.9 Å². The second-order valence-electron chi connectivity index (χ2n) is 4.81. The van der Waals surface area contributed by atoms with E-state index in [2.05, 4.69) is 20.5 Å². The number of nitrogens with one attached hydrogen (secondary N) is 2. The number of nitrogens with zero attached hydrogens (tertiary/aromatic N) is 2. The van der Waals surface area contributed by atoms with Gasteiger partial charge < -0.3 is 5.32 Å².